The van der Waals surface area contributed by atoms with E-state index in [9.17, 15) is 0 Å². The molecule has 0 unspecified atom stereocenters. The van der Waals surface area contributed by atoms with E-state index in [0.29, 0.717) is 24.8 Å². The topological polar surface area (TPSA) is 126 Å². The monoisotopic (exact) mass is 391 g/mol. The molecule has 0 spiro atoms. The predicted molar refractivity (Wildman–Crippen MR) is 108 cm³/mol. The molecule has 148 valence electrons. The minimum Gasteiger partial charge on any atom is -0.382 e. The summed E-state index contributed by atoms with van der Waals surface area (Å²) in [5.41, 5.74) is 3.08. The van der Waals surface area contributed by atoms with Crippen LogP contribution < -0.4 is 16.0 Å². The van der Waals surface area contributed by atoms with Crippen LogP contribution in [-0.4, -0.2) is 57.1 Å². The molecule has 10 heteroatoms. The quantitative estimate of drug-likeness (QED) is 0.570. The Labute approximate surface area is 168 Å². The maximum absolute atomic E-state index is 8.85. The van der Waals surface area contributed by atoms with Crippen LogP contribution in [-0.2, 0) is 11.8 Å². The molecule has 1 atom stereocenters. The molecule has 1 aliphatic heterocycles. The lowest BCUT2D eigenvalue weighted by Crippen LogP contribution is -2.42. The largest absolute Gasteiger partial charge is 0.382 e. The minimum absolute atomic E-state index is 0.0967. The van der Waals surface area contributed by atoms with Gasteiger partial charge in [0.15, 0.2) is 5.69 Å². The first-order chi connectivity index (χ1) is 14.2. The lowest BCUT2D eigenvalue weighted by atomic mass is 10.1. The fraction of sp³-hybridized carbons (Fsp3) is 0.316. The van der Waals surface area contributed by atoms with Gasteiger partial charge in [-0.25, -0.2) is 15.0 Å². The van der Waals surface area contributed by atoms with E-state index in [0.717, 1.165) is 29.9 Å². The standard InChI is InChI=1S/C19H21N9O/c1-28-12-13(6-26-28)16-10-25-18(27-19-11-22-14(5-20)7-24-19)4-17(16)23-9-15-8-21-2-3-29-15/h4,6-7,10-12,15,21H,2-3,8-9H2,1H3,(H2,23,24,25,27)/t15-/m0/s1. The van der Waals surface area contributed by atoms with Crippen molar-refractivity contribution in [2.45, 2.75) is 6.10 Å². The summed E-state index contributed by atoms with van der Waals surface area (Å²) >= 11 is 0. The zero-order valence-electron chi connectivity index (χ0n) is 16.0. The van der Waals surface area contributed by atoms with Crippen molar-refractivity contribution in [3.05, 3.63) is 42.7 Å². The number of hydrogen-bond donors (Lipinski definition) is 3. The van der Waals surface area contributed by atoms with Crippen LogP contribution in [0.3, 0.4) is 0 Å². The molecule has 0 aliphatic carbocycles. The fourth-order valence-corrected chi connectivity index (χ4v) is 3.02. The molecule has 0 aromatic carbocycles. The number of rotatable bonds is 6. The Kier molecular flexibility index (Phi) is 5.60. The summed E-state index contributed by atoms with van der Waals surface area (Å²) in [4.78, 5) is 12.7. The van der Waals surface area contributed by atoms with Crippen LogP contribution in [0.25, 0.3) is 11.1 Å². The zero-order chi connectivity index (χ0) is 20.1. The number of nitriles is 1. The van der Waals surface area contributed by atoms with Gasteiger partial charge in [-0.2, -0.15) is 10.4 Å². The van der Waals surface area contributed by atoms with E-state index < -0.39 is 0 Å². The Morgan fingerprint density at radius 2 is 2.14 bits per heavy atom. The van der Waals surface area contributed by atoms with Crippen LogP contribution in [0.1, 0.15) is 5.69 Å². The summed E-state index contributed by atoms with van der Waals surface area (Å²) in [6.45, 7) is 3.07. The number of anilines is 3. The third kappa shape index (κ3) is 4.66. The molecule has 10 nitrogen and oxygen atoms in total. The highest BCUT2D eigenvalue weighted by Crippen LogP contribution is 2.29. The molecule has 0 radical (unpaired) electrons. The number of hydrogen-bond acceptors (Lipinski definition) is 9. The maximum atomic E-state index is 8.85. The molecule has 1 fully saturated rings. The van der Waals surface area contributed by atoms with Gasteiger partial charge >= 0.3 is 0 Å². The van der Waals surface area contributed by atoms with Crippen LogP contribution in [0.4, 0.5) is 17.3 Å². The maximum Gasteiger partial charge on any atom is 0.158 e. The van der Waals surface area contributed by atoms with Gasteiger partial charge in [0.25, 0.3) is 0 Å². The van der Waals surface area contributed by atoms with Gasteiger partial charge in [0, 0.05) is 62.0 Å². The third-order valence-electron chi connectivity index (χ3n) is 4.47. The summed E-state index contributed by atoms with van der Waals surface area (Å²) in [6, 6.07) is 3.87. The van der Waals surface area contributed by atoms with Crippen molar-refractivity contribution in [1.82, 2.24) is 30.0 Å². The highest BCUT2D eigenvalue weighted by molar-refractivity contribution is 5.79. The van der Waals surface area contributed by atoms with Crippen molar-refractivity contribution in [3.8, 4) is 17.2 Å². The van der Waals surface area contributed by atoms with Crippen molar-refractivity contribution < 1.29 is 4.74 Å². The van der Waals surface area contributed by atoms with Gasteiger partial charge in [-0.15, -0.1) is 0 Å². The Bertz CT molecular complexity index is 1000. The average molecular weight is 391 g/mol. The Balaban J connectivity index is 1.57. The first kappa shape index (κ1) is 18.8. The highest BCUT2D eigenvalue weighted by atomic mass is 16.5. The molecular formula is C19H21N9O. The van der Waals surface area contributed by atoms with Crippen LogP contribution in [0.2, 0.25) is 0 Å². The molecule has 1 aliphatic rings. The van der Waals surface area contributed by atoms with Gasteiger partial charge in [-0.3, -0.25) is 4.68 Å². The number of ether oxygens (including phenoxy) is 1. The second-order valence-corrected chi connectivity index (χ2v) is 6.62. The molecule has 29 heavy (non-hydrogen) atoms. The van der Waals surface area contributed by atoms with E-state index in [1.54, 1.807) is 17.1 Å². The highest BCUT2D eigenvalue weighted by Gasteiger charge is 2.15. The number of aryl methyl sites for hydroxylation is 1. The van der Waals surface area contributed by atoms with E-state index in [4.69, 9.17) is 10.00 Å². The fourth-order valence-electron chi connectivity index (χ4n) is 3.02. The second-order valence-electron chi connectivity index (χ2n) is 6.62. The van der Waals surface area contributed by atoms with E-state index in [1.165, 1.54) is 12.4 Å². The number of pyridine rings is 1. The summed E-state index contributed by atoms with van der Waals surface area (Å²) in [7, 11) is 1.88. The summed E-state index contributed by atoms with van der Waals surface area (Å²) < 4.78 is 7.54. The Morgan fingerprint density at radius 3 is 2.83 bits per heavy atom. The average Bonchev–Trinajstić information content (AvgIpc) is 3.20. The predicted octanol–water partition coefficient (Wildman–Crippen LogP) is 1.29. The summed E-state index contributed by atoms with van der Waals surface area (Å²) in [5, 5.41) is 23.0. The van der Waals surface area contributed by atoms with Gasteiger partial charge < -0.3 is 20.7 Å². The van der Waals surface area contributed by atoms with Gasteiger partial charge in [-0.05, 0) is 0 Å². The van der Waals surface area contributed by atoms with Crippen molar-refractivity contribution in [2.24, 2.45) is 7.05 Å². The molecule has 0 bridgehead atoms. The molecular weight excluding hydrogens is 370 g/mol. The van der Waals surface area contributed by atoms with Crippen LogP contribution in [0.15, 0.2) is 37.1 Å². The van der Waals surface area contributed by atoms with Gasteiger partial charge in [0.2, 0.25) is 0 Å². The van der Waals surface area contributed by atoms with Crippen LogP contribution >= 0.6 is 0 Å². The first-order valence-electron chi connectivity index (χ1n) is 9.25. The number of aromatic nitrogens is 5. The lowest BCUT2D eigenvalue weighted by molar-refractivity contribution is 0.0372. The molecule has 3 aromatic rings. The van der Waals surface area contributed by atoms with Gasteiger partial charge in [0.05, 0.1) is 31.3 Å². The number of nitrogens with one attached hydrogen (secondary N) is 3. The van der Waals surface area contributed by atoms with Crippen molar-refractivity contribution >= 4 is 17.3 Å². The zero-order valence-corrected chi connectivity index (χ0v) is 16.0. The summed E-state index contributed by atoms with van der Waals surface area (Å²) in [6.07, 6.45) is 8.56. The Hall–Kier alpha value is -3.55. The number of nitrogens with zero attached hydrogens (tertiary/aromatic N) is 6. The molecule has 3 aromatic heterocycles. The van der Waals surface area contributed by atoms with Gasteiger partial charge in [0.1, 0.15) is 17.7 Å². The molecule has 0 saturated carbocycles. The van der Waals surface area contributed by atoms with Crippen molar-refractivity contribution in [1.29, 1.82) is 5.26 Å². The van der Waals surface area contributed by atoms with E-state index in [1.807, 2.05) is 25.4 Å². The van der Waals surface area contributed by atoms with Gasteiger partial charge in [-0.1, -0.05) is 0 Å². The molecule has 4 heterocycles. The second kappa shape index (κ2) is 8.64. The lowest BCUT2D eigenvalue weighted by Gasteiger charge is -2.24. The first-order valence-corrected chi connectivity index (χ1v) is 9.25. The van der Waals surface area contributed by atoms with E-state index >= 15 is 0 Å². The molecule has 0 amide bonds. The third-order valence-corrected chi connectivity index (χ3v) is 4.47. The minimum atomic E-state index is 0.0967. The smallest absolute Gasteiger partial charge is 0.158 e. The molecule has 1 saturated heterocycles. The molecule has 3 N–H and O–H groups in total. The van der Waals surface area contributed by atoms with E-state index in [2.05, 4.69) is 36.0 Å². The SMILES string of the molecule is Cn1cc(-c2cnc(Nc3cnc(C#N)cn3)cc2NC[C@@H]2CNCCO2)cn1. The number of morpholine rings is 1. The van der Waals surface area contributed by atoms with Crippen molar-refractivity contribution in [2.75, 3.05) is 36.9 Å². The summed E-state index contributed by atoms with van der Waals surface area (Å²) in [5.74, 6) is 1.12. The van der Waals surface area contributed by atoms with Crippen LogP contribution in [0.5, 0.6) is 0 Å². The van der Waals surface area contributed by atoms with Crippen LogP contribution in [0, 0.1) is 11.3 Å². The Morgan fingerprint density at radius 1 is 1.24 bits per heavy atom. The van der Waals surface area contributed by atoms with Crippen molar-refractivity contribution in [3.63, 3.8) is 0 Å². The normalized spacial score (nSPS) is 16.2. The molecule has 4 rings (SSSR count). The van der Waals surface area contributed by atoms with E-state index in [-0.39, 0.29) is 11.8 Å².